The molecule has 0 saturated heterocycles. The Kier molecular flexibility index (Phi) is 6.65. The molecule has 0 aliphatic rings. The number of ether oxygens (including phenoxy) is 1. The van der Waals surface area contributed by atoms with Crippen molar-refractivity contribution in [2.24, 2.45) is 0 Å². The van der Waals surface area contributed by atoms with Gasteiger partial charge in [-0.15, -0.1) is 11.3 Å². The molecule has 0 spiro atoms. The monoisotopic (exact) mass is 499 g/mol. The Bertz CT molecular complexity index is 1420. The Morgan fingerprint density at radius 2 is 1.88 bits per heavy atom. The number of carboxylic acid groups (broad SMARTS) is 1. The number of benzene rings is 2. The van der Waals surface area contributed by atoms with E-state index in [1.165, 1.54) is 6.07 Å². The molecule has 0 aliphatic heterocycles. The van der Waals surface area contributed by atoms with Crippen molar-refractivity contribution in [2.45, 2.75) is 16.7 Å². The van der Waals surface area contributed by atoms with Gasteiger partial charge in [0.25, 0.3) is 10.0 Å². The number of rotatable bonds is 9. The van der Waals surface area contributed by atoms with Crippen LogP contribution in [0.3, 0.4) is 0 Å². The lowest BCUT2D eigenvalue weighted by atomic mass is 10.1. The number of carboxylic acids is 1. The minimum atomic E-state index is -4.04. The summed E-state index contributed by atoms with van der Waals surface area (Å²) in [7, 11) is 1.40. The molecule has 0 aliphatic carbocycles. The number of hydrogen-bond acceptors (Lipinski definition) is 6. The van der Waals surface area contributed by atoms with Crippen LogP contribution in [-0.4, -0.2) is 51.7 Å². The van der Waals surface area contributed by atoms with E-state index < -0.39 is 22.0 Å². The van der Waals surface area contributed by atoms with Crippen LogP contribution >= 0.6 is 11.3 Å². The highest BCUT2D eigenvalue weighted by atomic mass is 32.2. The quantitative estimate of drug-likeness (QED) is 0.322. The fraction of sp³-hybridized carbons (Fsp3) is 0.208. The average Bonchev–Trinajstić information content (AvgIpc) is 3.46. The Labute approximate surface area is 201 Å². The normalized spacial score (nSPS) is 12.6. The molecule has 0 saturated carbocycles. The van der Waals surface area contributed by atoms with Crippen LogP contribution < -0.4 is 14.4 Å². The molecule has 10 heteroatoms. The van der Waals surface area contributed by atoms with E-state index in [9.17, 15) is 18.3 Å². The number of aromatic amines is 1. The zero-order valence-corrected chi connectivity index (χ0v) is 20.5. The number of aliphatic carboxylic acids is 1. The summed E-state index contributed by atoms with van der Waals surface area (Å²) in [6, 6.07) is 15.1. The maximum Gasteiger partial charge on any atom is 0.322 e. The summed E-state index contributed by atoms with van der Waals surface area (Å²) in [5, 5.41) is 10.5. The number of nitrogens with zero attached hydrogens (tertiary/aromatic N) is 1. The number of H-pyrrole nitrogens is 1. The number of thiophene rings is 1. The minimum Gasteiger partial charge on any atom is -0.497 e. The second-order valence-corrected chi connectivity index (χ2v) is 11.0. The lowest BCUT2D eigenvalue weighted by Crippen LogP contribution is -2.41. The standard InChI is InChI=1S/C24H25N3O5S2/c1-27(2)17-6-4-15(5-7-17)22-10-11-23(33-22)34(30,31)26-21(24(28)29)12-16-14-25-20-9-8-18(32-3)13-19(16)20/h4-11,13-14,21,25-26H,12H2,1-3H3,(H,28,29)/t21-/m1/s1. The van der Waals surface area contributed by atoms with E-state index in [4.69, 9.17) is 4.74 Å². The van der Waals surface area contributed by atoms with E-state index in [-0.39, 0.29) is 10.6 Å². The van der Waals surface area contributed by atoms with Gasteiger partial charge >= 0.3 is 5.97 Å². The third-order valence-corrected chi connectivity index (χ3v) is 8.61. The Morgan fingerprint density at radius 3 is 2.53 bits per heavy atom. The van der Waals surface area contributed by atoms with Crippen molar-refractivity contribution < 1.29 is 23.1 Å². The van der Waals surface area contributed by atoms with E-state index in [1.807, 2.05) is 49.3 Å². The zero-order chi connectivity index (χ0) is 24.5. The van der Waals surface area contributed by atoms with Crippen molar-refractivity contribution in [3.63, 3.8) is 0 Å². The van der Waals surface area contributed by atoms with E-state index in [2.05, 4.69) is 9.71 Å². The van der Waals surface area contributed by atoms with Gasteiger partial charge in [-0.1, -0.05) is 12.1 Å². The molecule has 0 radical (unpaired) electrons. The molecule has 178 valence electrons. The van der Waals surface area contributed by atoms with Crippen LogP contribution in [0.15, 0.2) is 65.0 Å². The molecule has 4 aromatic rings. The summed E-state index contributed by atoms with van der Waals surface area (Å²) in [4.78, 5) is 17.8. The van der Waals surface area contributed by atoms with Gasteiger partial charge in [-0.25, -0.2) is 8.42 Å². The van der Waals surface area contributed by atoms with Crippen molar-refractivity contribution in [1.82, 2.24) is 9.71 Å². The maximum atomic E-state index is 13.0. The minimum absolute atomic E-state index is 0.0219. The van der Waals surface area contributed by atoms with Crippen molar-refractivity contribution in [1.29, 1.82) is 0 Å². The molecule has 2 aromatic carbocycles. The first-order chi connectivity index (χ1) is 16.2. The first-order valence-corrected chi connectivity index (χ1v) is 12.7. The van der Waals surface area contributed by atoms with Crippen molar-refractivity contribution in [3.05, 3.63) is 66.4 Å². The topological polar surface area (TPSA) is 112 Å². The SMILES string of the molecule is COc1ccc2[nH]cc(C[C@@H](NS(=O)(=O)c3ccc(-c4ccc(N(C)C)cc4)s3)C(=O)O)c2c1. The van der Waals surface area contributed by atoms with Crippen LogP contribution in [0, 0.1) is 0 Å². The van der Waals surface area contributed by atoms with Gasteiger partial charge in [0, 0.05) is 48.2 Å². The molecule has 1 atom stereocenters. The highest BCUT2D eigenvalue weighted by molar-refractivity contribution is 7.91. The molecule has 2 aromatic heterocycles. The number of carbonyl (C=O) groups is 1. The average molecular weight is 500 g/mol. The number of fused-ring (bicyclic) bond motifs is 1. The number of nitrogens with one attached hydrogen (secondary N) is 2. The summed E-state index contributed by atoms with van der Waals surface area (Å²) in [5.74, 6) is -0.623. The number of sulfonamides is 1. The van der Waals surface area contributed by atoms with Gasteiger partial charge in [-0.2, -0.15) is 4.72 Å². The third kappa shape index (κ3) is 4.93. The van der Waals surface area contributed by atoms with Gasteiger partial charge in [0.1, 0.15) is 16.0 Å². The summed E-state index contributed by atoms with van der Waals surface area (Å²) in [5.41, 5.74) is 3.41. The molecule has 34 heavy (non-hydrogen) atoms. The van der Waals surface area contributed by atoms with E-state index in [1.54, 1.807) is 31.5 Å². The lowest BCUT2D eigenvalue weighted by Gasteiger charge is -2.14. The Morgan fingerprint density at radius 1 is 1.15 bits per heavy atom. The van der Waals surface area contributed by atoms with Gasteiger partial charge < -0.3 is 19.7 Å². The van der Waals surface area contributed by atoms with Crippen LogP contribution in [0.5, 0.6) is 5.75 Å². The smallest absolute Gasteiger partial charge is 0.322 e. The summed E-state index contributed by atoms with van der Waals surface area (Å²) in [6.45, 7) is 0. The van der Waals surface area contributed by atoms with E-state index in [0.717, 1.165) is 38.4 Å². The fourth-order valence-electron chi connectivity index (χ4n) is 3.64. The van der Waals surface area contributed by atoms with Gasteiger partial charge in [0.05, 0.1) is 7.11 Å². The van der Waals surface area contributed by atoms with Gasteiger partial charge in [-0.3, -0.25) is 4.79 Å². The number of hydrogen-bond donors (Lipinski definition) is 3. The van der Waals surface area contributed by atoms with E-state index >= 15 is 0 Å². The van der Waals surface area contributed by atoms with Gasteiger partial charge in [0.2, 0.25) is 0 Å². The second kappa shape index (κ2) is 9.49. The molecule has 0 bridgehead atoms. The molecule has 0 unspecified atom stereocenters. The largest absolute Gasteiger partial charge is 0.497 e. The molecular formula is C24H25N3O5S2. The predicted molar refractivity (Wildman–Crippen MR) is 134 cm³/mol. The fourth-order valence-corrected chi connectivity index (χ4v) is 6.16. The summed E-state index contributed by atoms with van der Waals surface area (Å²) >= 11 is 1.10. The molecule has 3 N–H and O–H groups in total. The Hall–Kier alpha value is -3.34. The molecule has 8 nitrogen and oxygen atoms in total. The predicted octanol–water partition coefficient (Wildman–Crippen LogP) is 3.95. The number of methoxy groups -OCH3 is 1. The summed E-state index contributed by atoms with van der Waals surface area (Å²) in [6.07, 6.45) is 1.67. The van der Waals surface area contributed by atoms with Crippen LogP contribution in [0.25, 0.3) is 21.3 Å². The van der Waals surface area contributed by atoms with Crippen LogP contribution in [-0.2, 0) is 21.2 Å². The molecular weight excluding hydrogens is 474 g/mol. The first-order valence-electron chi connectivity index (χ1n) is 10.4. The van der Waals surface area contributed by atoms with Crippen molar-refractivity contribution >= 4 is 43.9 Å². The molecule has 0 amide bonds. The zero-order valence-electron chi connectivity index (χ0n) is 18.9. The summed E-state index contributed by atoms with van der Waals surface area (Å²) < 4.78 is 33.7. The second-order valence-electron chi connectivity index (χ2n) is 8.00. The molecule has 4 rings (SSSR count). The number of aromatic nitrogens is 1. The highest BCUT2D eigenvalue weighted by Crippen LogP contribution is 2.32. The number of anilines is 1. The van der Waals surface area contributed by atoms with Crippen molar-refractivity contribution in [3.8, 4) is 16.2 Å². The van der Waals surface area contributed by atoms with Gasteiger partial charge in [0.15, 0.2) is 0 Å². The molecule has 2 heterocycles. The first kappa shape index (κ1) is 23.8. The van der Waals surface area contributed by atoms with Crippen LogP contribution in [0.1, 0.15) is 5.56 Å². The lowest BCUT2D eigenvalue weighted by molar-refractivity contribution is -0.138. The van der Waals surface area contributed by atoms with Crippen LogP contribution in [0.2, 0.25) is 0 Å². The van der Waals surface area contributed by atoms with Gasteiger partial charge in [-0.05, 0) is 53.6 Å². The Balaban J connectivity index is 1.56. The maximum absolute atomic E-state index is 13.0. The molecule has 0 fully saturated rings. The third-order valence-electron chi connectivity index (χ3n) is 5.51. The van der Waals surface area contributed by atoms with Crippen molar-refractivity contribution in [2.75, 3.05) is 26.1 Å². The van der Waals surface area contributed by atoms with E-state index in [0.29, 0.717) is 11.3 Å². The highest BCUT2D eigenvalue weighted by Gasteiger charge is 2.28. The van der Waals surface area contributed by atoms with Crippen LogP contribution in [0.4, 0.5) is 5.69 Å².